The zero-order valence-corrected chi connectivity index (χ0v) is 10.4. The van der Waals surface area contributed by atoms with Crippen LogP contribution in [0.2, 0.25) is 0 Å². The molecule has 1 radical (unpaired) electrons. The van der Waals surface area contributed by atoms with E-state index in [1.54, 1.807) is 12.1 Å². The summed E-state index contributed by atoms with van der Waals surface area (Å²) < 4.78 is 5.35. The molecule has 7 heteroatoms. The van der Waals surface area contributed by atoms with Gasteiger partial charge in [0.05, 0.1) is 0 Å². The van der Waals surface area contributed by atoms with Gasteiger partial charge in [-0.3, -0.25) is 4.79 Å². The summed E-state index contributed by atoms with van der Waals surface area (Å²) in [6.45, 7) is -0.164. The number of aromatic nitrogens is 2. The Hall–Kier alpha value is -2.96. The Morgan fingerprint density at radius 2 is 2.00 bits per heavy atom. The van der Waals surface area contributed by atoms with Crippen molar-refractivity contribution >= 4 is 29.4 Å². The molecule has 0 fully saturated rings. The van der Waals surface area contributed by atoms with Gasteiger partial charge in [0, 0.05) is 0 Å². The highest BCUT2D eigenvalue weighted by atomic mass is 16.5. The van der Waals surface area contributed by atoms with E-state index in [0.29, 0.717) is 17.3 Å². The maximum Gasteiger partial charge on any atom is 0.237 e. The van der Waals surface area contributed by atoms with Gasteiger partial charge in [-0.2, -0.15) is 0 Å². The van der Waals surface area contributed by atoms with E-state index < -0.39 is 0 Å². The number of anilines is 1. The van der Waals surface area contributed by atoms with Crippen LogP contribution in [0.5, 0.6) is 5.75 Å². The summed E-state index contributed by atoms with van der Waals surface area (Å²) in [6.07, 6.45) is 1.32. The van der Waals surface area contributed by atoms with Gasteiger partial charge in [0.1, 0.15) is 12.1 Å². The van der Waals surface area contributed by atoms with Crippen molar-refractivity contribution in [3.63, 3.8) is 0 Å². The van der Waals surface area contributed by atoms with E-state index in [1.165, 1.54) is 6.34 Å². The number of carbonyl (C=O) groups is 1. The quantitative estimate of drug-likeness (QED) is 0.839. The van der Waals surface area contributed by atoms with Gasteiger partial charge in [0.2, 0.25) is 11.6 Å². The van der Waals surface area contributed by atoms with Crippen molar-refractivity contribution < 1.29 is 9.53 Å². The number of nitrogens with zero attached hydrogens (tertiary/aromatic N) is 4. The minimum Gasteiger partial charge on any atom is -0.485 e. The zero-order chi connectivity index (χ0) is 13.9. The highest BCUT2D eigenvalue weighted by Gasteiger charge is 2.20. The van der Waals surface area contributed by atoms with E-state index in [4.69, 9.17) is 10.5 Å². The topological polar surface area (TPSA) is 105 Å². The number of ether oxygens (including phenoxy) is 1. The van der Waals surface area contributed by atoms with Crippen LogP contribution in [-0.4, -0.2) is 28.7 Å². The first-order valence-corrected chi connectivity index (χ1v) is 5.86. The van der Waals surface area contributed by atoms with Crippen LogP contribution < -0.4 is 15.8 Å². The Labute approximate surface area is 114 Å². The molecule has 0 bridgehead atoms. The molecule has 1 aliphatic rings. The van der Waals surface area contributed by atoms with Crippen molar-refractivity contribution in [3.8, 4) is 5.75 Å². The zero-order valence-electron chi connectivity index (χ0n) is 10.4. The van der Waals surface area contributed by atoms with Gasteiger partial charge < -0.3 is 10.5 Å². The van der Waals surface area contributed by atoms with Crippen LogP contribution in [-0.2, 0) is 0 Å². The molecule has 0 saturated carbocycles. The molecule has 3 rings (SSSR count). The molecule has 0 spiro atoms. The highest BCUT2D eigenvalue weighted by Crippen LogP contribution is 2.31. The molecule has 7 nitrogen and oxygen atoms in total. The predicted molar refractivity (Wildman–Crippen MR) is 72.7 cm³/mol. The SMILES string of the molecule is Nc1nc(C(=O)COc2ccccc2)nc2c1N=C[N]2. The third kappa shape index (κ3) is 2.28. The summed E-state index contributed by atoms with van der Waals surface area (Å²) in [6, 6.07) is 9.02. The lowest BCUT2D eigenvalue weighted by molar-refractivity contribution is 0.0911. The maximum atomic E-state index is 12.0. The summed E-state index contributed by atoms with van der Waals surface area (Å²) in [5.41, 5.74) is 6.09. The Balaban J connectivity index is 1.74. The number of ketones is 1. The van der Waals surface area contributed by atoms with Crippen molar-refractivity contribution in [2.24, 2.45) is 4.99 Å². The van der Waals surface area contributed by atoms with Crippen molar-refractivity contribution in [3.05, 3.63) is 36.2 Å². The summed E-state index contributed by atoms with van der Waals surface area (Å²) in [7, 11) is 0. The number of fused-ring (bicyclic) bond motifs is 1. The van der Waals surface area contributed by atoms with Gasteiger partial charge in [-0.25, -0.2) is 20.3 Å². The number of hydrogen-bond donors (Lipinski definition) is 1. The summed E-state index contributed by atoms with van der Waals surface area (Å²) in [5.74, 6) is 0.649. The Kier molecular flexibility index (Phi) is 3.00. The Morgan fingerprint density at radius 1 is 1.20 bits per heavy atom. The molecular formula is C13H10N5O2. The van der Waals surface area contributed by atoms with E-state index in [1.807, 2.05) is 18.2 Å². The van der Waals surface area contributed by atoms with Gasteiger partial charge >= 0.3 is 0 Å². The average molecular weight is 268 g/mol. The number of nitrogens with two attached hydrogens (primary N) is 1. The van der Waals surface area contributed by atoms with E-state index in [9.17, 15) is 4.79 Å². The fraction of sp³-hybridized carbons (Fsp3) is 0.0769. The molecule has 2 N–H and O–H groups in total. The molecule has 0 amide bonds. The second-order valence-corrected chi connectivity index (χ2v) is 4.00. The Bertz CT molecular complexity index is 685. The van der Waals surface area contributed by atoms with Crippen LogP contribution >= 0.6 is 0 Å². The Morgan fingerprint density at radius 3 is 2.80 bits per heavy atom. The molecule has 2 heterocycles. The monoisotopic (exact) mass is 268 g/mol. The number of Topliss-reactive ketones (excluding diaryl/α,β-unsaturated/α-hetero) is 1. The van der Waals surface area contributed by atoms with E-state index >= 15 is 0 Å². The van der Waals surface area contributed by atoms with Gasteiger partial charge in [0.15, 0.2) is 23.9 Å². The molecular weight excluding hydrogens is 258 g/mol. The molecule has 1 aliphatic heterocycles. The first-order valence-electron chi connectivity index (χ1n) is 5.86. The van der Waals surface area contributed by atoms with Crippen molar-refractivity contribution in [1.29, 1.82) is 0 Å². The molecule has 2 aromatic rings. The largest absolute Gasteiger partial charge is 0.485 e. The lowest BCUT2D eigenvalue weighted by Gasteiger charge is -2.06. The number of rotatable bonds is 4. The van der Waals surface area contributed by atoms with E-state index in [-0.39, 0.29) is 24.0 Å². The fourth-order valence-electron chi connectivity index (χ4n) is 1.67. The molecule has 99 valence electrons. The molecule has 0 atom stereocenters. The van der Waals surface area contributed by atoms with Crippen LogP contribution in [0, 0.1) is 0 Å². The van der Waals surface area contributed by atoms with Crippen molar-refractivity contribution in [2.75, 3.05) is 12.3 Å². The predicted octanol–water partition coefficient (Wildman–Crippen LogP) is 1.23. The first kappa shape index (κ1) is 12.1. The second kappa shape index (κ2) is 4.96. The number of nitrogen functional groups attached to an aromatic ring is 1. The maximum absolute atomic E-state index is 12.0. The number of hydrogen-bond acceptors (Lipinski definition) is 6. The number of carbonyl (C=O) groups excluding carboxylic acids is 1. The lowest BCUT2D eigenvalue weighted by Crippen LogP contribution is -2.16. The third-order valence-corrected chi connectivity index (χ3v) is 2.62. The number of benzene rings is 1. The number of para-hydroxylation sites is 1. The first-order chi connectivity index (χ1) is 9.74. The van der Waals surface area contributed by atoms with Gasteiger partial charge in [-0.15, -0.1) is 0 Å². The normalized spacial score (nSPS) is 11.8. The molecule has 1 aromatic carbocycles. The van der Waals surface area contributed by atoms with E-state index in [2.05, 4.69) is 20.3 Å². The van der Waals surface area contributed by atoms with E-state index in [0.717, 1.165) is 0 Å². The van der Waals surface area contributed by atoms with Crippen LogP contribution in [0.25, 0.3) is 0 Å². The molecule has 0 saturated heterocycles. The third-order valence-electron chi connectivity index (χ3n) is 2.62. The van der Waals surface area contributed by atoms with Crippen molar-refractivity contribution in [2.45, 2.75) is 0 Å². The van der Waals surface area contributed by atoms with Crippen molar-refractivity contribution in [1.82, 2.24) is 15.3 Å². The summed E-state index contributed by atoms with van der Waals surface area (Å²) in [4.78, 5) is 23.8. The highest BCUT2D eigenvalue weighted by molar-refractivity contribution is 5.96. The van der Waals surface area contributed by atoms with Crippen LogP contribution in [0.3, 0.4) is 0 Å². The van der Waals surface area contributed by atoms with Gasteiger partial charge in [-0.1, -0.05) is 18.2 Å². The average Bonchev–Trinajstić information content (AvgIpc) is 2.95. The molecule has 0 aliphatic carbocycles. The minimum atomic E-state index is -0.370. The van der Waals surface area contributed by atoms with Crippen LogP contribution in [0.1, 0.15) is 10.6 Å². The van der Waals surface area contributed by atoms with Gasteiger partial charge in [0.25, 0.3) is 0 Å². The second-order valence-electron chi connectivity index (χ2n) is 4.00. The molecule has 1 aromatic heterocycles. The smallest absolute Gasteiger partial charge is 0.237 e. The molecule has 20 heavy (non-hydrogen) atoms. The summed E-state index contributed by atoms with van der Waals surface area (Å²) >= 11 is 0. The van der Waals surface area contributed by atoms with Crippen LogP contribution in [0.4, 0.5) is 17.3 Å². The van der Waals surface area contributed by atoms with Crippen LogP contribution in [0.15, 0.2) is 35.3 Å². The fourth-order valence-corrected chi connectivity index (χ4v) is 1.67. The summed E-state index contributed by atoms with van der Waals surface area (Å²) in [5, 5.41) is 3.91. The van der Waals surface area contributed by atoms with Gasteiger partial charge in [-0.05, 0) is 12.1 Å². The lowest BCUT2D eigenvalue weighted by atomic mass is 10.3. The standard InChI is InChI=1S/C13H10N5O2/c14-11-10-13(16-7-15-10)18-12(17-11)9(19)6-20-8-4-2-1-3-5-8/h1-5,7H,6H2,(H2,14,17,18). The minimum absolute atomic E-state index is 0.0218. The molecule has 0 unspecified atom stereocenters. The number of aliphatic imine (C=N–C) groups is 1.